The molecule has 3 heterocycles. The first-order valence-electron chi connectivity index (χ1n) is 11.5. The minimum absolute atomic E-state index is 0.0196. The quantitative estimate of drug-likeness (QED) is 0.222. The van der Waals surface area contributed by atoms with Gasteiger partial charge < -0.3 is 19.2 Å². The van der Waals surface area contributed by atoms with Gasteiger partial charge in [-0.15, -0.1) is 0 Å². The summed E-state index contributed by atoms with van der Waals surface area (Å²) in [4.78, 5) is 31.6. The molecule has 0 bridgehead atoms. The van der Waals surface area contributed by atoms with Crippen molar-refractivity contribution in [2.24, 2.45) is 0 Å². The Bertz CT molecular complexity index is 1410. The largest absolute Gasteiger partial charge is 0.507 e. The highest BCUT2D eigenvalue weighted by Crippen LogP contribution is 2.40. The Morgan fingerprint density at radius 3 is 2.50 bits per heavy atom. The molecule has 0 aliphatic carbocycles. The molecule has 1 saturated heterocycles. The van der Waals surface area contributed by atoms with Gasteiger partial charge in [-0.05, 0) is 66.6 Å². The molecule has 5 rings (SSSR count). The number of furan rings is 1. The summed E-state index contributed by atoms with van der Waals surface area (Å²) in [6.45, 7) is 2.53. The van der Waals surface area contributed by atoms with Crippen LogP contribution in [0.2, 0.25) is 0 Å². The molecule has 2 aromatic carbocycles. The number of benzene rings is 2. The van der Waals surface area contributed by atoms with E-state index in [9.17, 15) is 14.7 Å². The van der Waals surface area contributed by atoms with E-state index in [1.807, 2.05) is 25.1 Å². The van der Waals surface area contributed by atoms with Crippen LogP contribution in [0.3, 0.4) is 0 Å². The van der Waals surface area contributed by atoms with Crippen LogP contribution in [-0.4, -0.2) is 26.7 Å². The molecule has 1 aliphatic heterocycles. The molecule has 1 atom stereocenters. The van der Waals surface area contributed by atoms with Gasteiger partial charge in [0.1, 0.15) is 23.9 Å². The highest BCUT2D eigenvalue weighted by molar-refractivity contribution is 6.46. The molecule has 1 aliphatic rings. The number of rotatable bonds is 7. The van der Waals surface area contributed by atoms with E-state index >= 15 is 0 Å². The van der Waals surface area contributed by atoms with Crippen LogP contribution in [0.5, 0.6) is 5.75 Å². The summed E-state index contributed by atoms with van der Waals surface area (Å²) in [7, 11) is 0. The number of carbonyl (C=O) groups excluding carboxylic acids is 2. The molecule has 0 radical (unpaired) electrons. The van der Waals surface area contributed by atoms with Gasteiger partial charge in [0.05, 0.1) is 24.4 Å². The number of likely N-dealkylation sites (tertiary alicyclic amines) is 1. The van der Waals surface area contributed by atoms with Gasteiger partial charge in [-0.3, -0.25) is 14.6 Å². The number of hydrogen-bond donors (Lipinski definition) is 1. The lowest BCUT2D eigenvalue weighted by Crippen LogP contribution is -2.29. The number of ketones is 1. The molecular formula is C29H24N2O5. The summed E-state index contributed by atoms with van der Waals surface area (Å²) in [5.41, 5.74) is 3.30. The van der Waals surface area contributed by atoms with Gasteiger partial charge in [0.2, 0.25) is 0 Å². The number of ether oxygens (including phenoxy) is 1. The van der Waals surface area contributed by atoms with Gasteiger partial charge in [-0.2, -0.15) is 0 Å². The van der Waals surface area contributed by atoms with E-state index in [4.69, 9.17) is 9.15 Å². The molecule has 0 saturated carbocycles. The summed E-state index contributed by atoms with van der Waals surface area (Å²) in [5, 5.41) is 11.2. The first-order valence-corrected chi connectivity index (χ1v) is 11.5. The fourth-order valence-electron chi connectivity index (χ4n) is 4.34. The monoisotopic (exact) mass is 480 g/mol. The van der Waals surface area contributed by atoms with Crippen LogP contribution in [0.1, 0.15) is 34.1 Å². The van der Waals surface area contributed by atoms with Gasteiger partial charge in [0.15, 0.2) is 0 Å². The number of aliphatic hydroxyl groups is 1. The molecule has 180 valence electrons. The number of pyridine rings is 1. The first-order chi connectivity index (χ1) is 17.5. The predicted octanol–water partition coefficient (Wildman–Crippen LogP) is 5.18. The second-order valence-corrected chi connectivity index (χ2v) is 8.59. The number of amides is 1. The summed E-state index contributed by atoms with van der Waals surface area (Å²) >= 11 is 0. The Morgan fingerprint density at radius 1 is 1.03 bits per heavy atom. The Labute approximate surface area is 208 Å². The highest BCUT2D eigenvalue weighted by atomic mass is 16.5. The number of nitrogens with zero attached hydrogens (tertiary/aromatic N) is 2. The summed E-state index contributed by atoms with van der Waals surface area (Å²) < 4.78 is 11.3. The lowest BCUT2D eigenvalue weighted by atomic mass is 9.96. The van der Waals surface area contributed by atoms with Gasteiger partial charge in [0, 0.05) is 18.0 Å². The van der Waals surface area contributed by atoms with E-state index in [-0.39, 0.29) is 17.9 Å². The lowest BCUT2D eigenvalue weighted by Gasteiger charge is -2.24. The van der Waals surface area contributed by atoms with E-state index in [1.54, 1.807) is 60.9 Å². The molecule has 36 heavy (non-hydrogen) atoms. The maximum Gasteiger partial charge on any atom is 0.296 e. The van der Waals surface area contributed by atoms with Crippen LogP contribution in [-0.2, 0) is 22.7 Å². The minimum atomic E-state index is -0.782. The molecule has 4 aromatic rings. The number of aliphatic hydroxyl groups excluding tert-OH is 1. The number of hydrogen-bond acceptors (Lipinski definition) is 6. The van der Waals surface area contributed by atoms with Crippen molar-refractivity contribution >= 4 is 17.4 Å². The van der Waals surface area contributed by atoms with E-state index in [2.05, 4.69) is 11.1 Å². The Morgan fingerprint density at radius 2 is 1.81 bits per heavy atom. The molecule has 1 N–H and O–H groups in total. The smallest absolute Gasteiger partial charge is 0.296 e. The molecule has 2 aromatic heterocycles. The third kappa shape index (κ3) is 4.63. The van der Waals surface area contributed by atoms with Gasteiger partial charge in [0.25, 0.3) is 11.7 Å². The van der Waals surface area contributed by atoms with Crippen molar-refractivity contribution in [3.8, 4) is 5.75 Å². The molecule has 0 unspecified atom stereocenters. The molecule has 0 spiro atoms. The average molecular weight is 481 g/mol. The van der Waals surface area contributed by atoms with Crippen LogP contribution in [0.4, 0.5) is 0 Å². The maximum absolute atomic E-state index is 13.1. The van der Waals surface area contributed by atoms with E-state index < -0.39 is 17.7 Å². The average Bonchev–Trinajstić information content (AvgIpc) is 3.50. The van der Waals surface area contributed by atoms with Crippen molar-refractivity contribution in [3.05, 3.63) is 125 Å². The fraction of sp³-hybridized carbons (Fsp3) is 0.138. The van der Waals surface area contributed by atoms with Crippen LogP contribution < -0.4 is 4.74 Å². The fourth-order valence-corrected chi connectivity index (χ4v) is 4.34. The second-order valence-electron chi connectivity index (χ2n) is 8.59. The molecular weight excluding hydrogens is 456 g/mol. The van der Waals surface area contributed by atoms with Crippen LogP contribution >= 0.6 is 0 Å². The van der Waals surface area contributed by atoms with E-state index in [0.29, 0.717) is 29.2 Å². The van der Waals surface area contributed by atoms with Crippen molar-refractivity contribution in [1.82, 2.24) is 9.88 Å². The minimum Gasteiger partial charge on any atom is -0.507 e. The molecule has 1 amide bonds. The zero-order valence-corrected chi connectivity index (χ0v) is 19.6. The number of carbonyl (C=O) groups is 2. The molecule has 7 nitrogen and oxygen atoms in total. The van der Waals surface area contributed by atoms with Crippen LogP contribution in [0.15, 0.2) is 101 Å². The SMILES string of the molecule is Cc1cccc(COc2ccc(C(O)=C3C(=O)C(=O)N(Cc4ccco4)[C@@H]3c3ccncc3)cc2)c1. The first kappa shape index (κ1) is 23.1. The van der Waals surface area contributed by atoms with Crippen molar-refractivity contribution < 1.29 is 23.8 Å². The number of Topliss-reactive ketones (excluding diaryl/α,β-unsaturated/α-hetero) is 1. The third-order valence-corrected chi connectivity index (χ3v) is 6.08. The van der Waals surface area contributed by atoms with E-state index in [0.717, 1.165) is 11.1 Å². The van der Waals surface area contributed by atoms with Crippen LogP contribution in [0.25, 0.3) is 5.76 Å². The molecule has 7 heteroatoms. The van der Waals surface area contributed by atoms with Crippen molar-refractivity contribution in [2.45, 2.75) is 26.1 Å². The third-order valence-electron chi connectivity index (χ3n) is 6.08. The van der Waals surface area contributed by atoms with Crippen LogP contribution in [0, 0.1) is 6.92 Å². The summed E-state index contributed by atoms with van der Waals surface area (Å²) in [6.07, 6.45) is 4.68. The topological polar surface area (TPSA) is 92.9 Å². The summed E-state index contributed by atoms with van der Waals surface area (Å²) in [5.74, 6) is -0.543. The summed E-state index contributed by atoms with van der Waals surface area (Å²) in [6, 6.07) is 21.0. The standard InChI is InChI=1S/C29H24N2O5/c1-19-4-2-5-20(16-19)18-36-23-9-7-22(8-10-23)27(32)25-26(21-11-13-30-14-12-21)31(29(34)28(25)33)17-24-6-3-15-35-24/h2-16,26,32H,17-18H2,1H3/t26-/m1/s1. The van der Waals surface area contributed by atoms with E-state index in [1.165, 1.54) is 11.2 Å². The predicted molar refractivity (Wildman–Crippen MR) is 133 cm³/mol. The maximum atomic E-state index is 13.1. The zero-order valence-electron chi connectivity index (χ0n) is 19.6. The van der Waals surface area contributed by atoms with Crippen molar-refractivity contribution in [2.75, 3.05) is 0 Å². The Balaban J connectivity index is 1.45. The van der Waals surface area contributed by atoms with Crippen molar-refractivity contribution in [1.29, 1.82) is 0 Å². The second kappa shape index (κ2) is 9.92. The van der Waals surface area contributed by atoms with Gasteiger partial charge in [-0.1, -0.05) is 29.8 Å². The normalized spacial score (nSPS) is 16.9. The van der Waals surface area contributed by atoms with Crippen molar-refractivity contribution in [3.63, 3.8) is 0 Å². The lowest BCUT2D eigenvalue weighted by molar-refractivity contribution is -0.140. The van der Waals surface area contributed by atoms with Gasteiger partial charge >= 0.3 is 0 Å². The number of aromatic nitrogens is 1. The Hall–Kier alpha value is -4.65. The molecule has 1 fully saturated rings. The zero-order chi connectivity index (χ0) is 25.1. The highest BCUT2D eigenvalue weighted by Gasteiger charge is 2.46. The van der Waals surface area contributed by atoms with Gasteiger partial charge in [-0.25, -0.2) is 0 Å². The Kier molecular flexibility index (Phi) is 6.36. The number of aryl methyl sites for hydroxylation is 1.